The summed E-state index contributed by atoms with van der Waals surface area (Å²) in [4.78, 5) is 29.9. The fourth-order valence-corrected chi connectivity index (χ4v) is 3.56. The lowest BCUT2D eigenvalue weighted by Crippen LogP contribution is -2.27. The summed E-state index contributed by atoms with van der Waals surface area (Å²) in [7, 11) is 1.51. The van der Waals surface area contributed by atoms with Crippen molar-refractivity contribution in [2.24, 2.45) is 7.05 Å². The van der Waals surface area contributed by atoms with Crippen molar-refractivity contribution < 1.29 is 4.79 Å². The molecule has 0 spiro atoms. The number of thiazole rings is 1. The van der Waals surface area contributed by atoms with Gasteiger partial charge in [0.25, 0.3) is 11.5 Å². The van der Waals surface area contributed by atoms with Crippen molar-refractivity contribution in [2.75, 3.05) is 0 Å². The van der Waals surface area contributed by atoms with Gasteiger partial charge in [0, 0.05) is 23.4 Å². The molecule has 0 aromatic carbocycles. The maximum Gasteiger partial charge on any atom is 0.272 e. The van der Waals surface area contributed by atoms with Gasteiger partial charge in [0.2, 0.25) is 0 Å². The Bertz CT molecular complexity index is 910. The Balaban J connectivity index is 1.66. The number of rotatable bonds is 4. The quantitative estimate of drug-likeness (QED) is 0.786. The Kier molecular flexibility index (Phi) is 4.35. The largest absolute Gasteiger partial charge is 0.346 e. The lowest BCUT2D eigenvalue weighted by molar-refractivity contribution is 0.0944. The van der Waals surface area contributed by atoms with Crippen LogP contribution in [-0.4, -0.2) is 20.7 Å². The van der Waals surface area contributed by atoms with Crippen molar-refractivity contribution in [2.45, 2.75) is 13.5 Å². The summed E-state index contributed by atoms with van der Waals surface area (Å²) in [6.07, 6.45) is 0. The first-order valence-electron chi connectivity index (χ1n) is 6.87. The average molecular weight is 346 g/mol. The molecule has 0 unspecified atom stereocenters. The SMILES string of the molecule is Cc1nc(-c2ccc(CNC(=O)c3ccc(=O)n(C)n3)s2)cs1. The fraction of sp³-hybridized carbons (Fsp3) is 0.200. The minimum Gasteiger partial charge on any atom is -0.346 e. The average Bonchev–Trinajstić information content (AvgIpc) is 3.16. The maximum atomic E-state index is 12.1. The second-order valence-electron chi connectivity index (χ2n) is 4.88. The molecule has 1 amide bonds. The molecule has 3 aromatic rings. The zero-order chi connectivity index (χ0) is 16.4. The Morgan fingerprint density at radius 3 is 2.83 bits per heavy atom. The number of nitrogens with one attached hydrogen (secondary N) is 1. The third-order valence-electron chi connectivity index (χ3n) is 3.15. The molecule has 0 aliphatic heterocycles. The van der Waals surface area contributed by atoms with Crippen LogP contribution in [0.4, 0.5) is 0 Å². The Hall–Kier alpha value is -2.32. The highest BCUT2D eigenvalue weighted by Crippen LogP contribution is 2.28. The van der Waals surface area contributed by atoms with Gasteiger partial charge in [-0.05, 0) is 25.1 Å². The van der Waals surface area contributed by atoms with Crippen molar-refractivity contribution in [3.63, 3.8) is 0 Å². The van der Waals surface area contributed by atoms with Gasteiger partial charge in [-0.15, -0.1) is 22.7 Å². The standard InChI is InChI=1S/C15H14N4O2S2/c1-9-17-12(8-22-9)13-5-3-10(23-13)7-16-15(21)11-4-6-14(20)19(2)18-11/h3-6,8H,7H2,1-2H3,(H,16,21). The third kappa shape index (κ3) is 3.54. The second-order valence-corrected chi connectivity index (χ2v) is 7.11. The van der Waals surface area contributed by atoms with Gasteiger partial charge in [-0.25, -0.2) is 9.67 Å². The maximum absolute atomic E-state index is 12.1. The van der Waals surface area contributed by atoms with Crippen molar-refractivity contribution in [1.29, 1.82) is 0 Å². The predicted molar refractivity (Wildman–Crippen MR) is 90.8 cm³/mol. The molecule has 0 aliphatic carbocycles. The Morgan fingerprint density at radius 1 is 1.30 bits per heavy atom. The number of aromatic nitrogens is 3. The Labute approximate surface area is 140 Å². The molecule has 23 heavy (non-hydrogen) atoms. The number of thiophene rings is 1. The van der Waals surface area contributed by atoms with Gasteiger partial charge in [-0.2, -0.15) is 5.10 Å². The van der Waals surface area contributed by atoms with E-state index in [9.17, 15) is 9.59 Å². The summed E-state index contributed by atoms with van der Waals surface area (Å²) in [5, 5.41) is 9.79. The molecule has 3 aromatic heterocycles. The molecule has 3 heterocycles. The molecule has 0 bridgehead atoms. The summed E-state index contributed by atoms with van der Waals surface area (Å²) in [5.74, 6) is -0.306. The van der Waals surface area contributed by atoms with Crippen molar-refractivity contribution >= 4 is 28.6 Å². The number of nitrogens with zero attached hydrogens (tertiary/aromatic N) is 3. The van der Waals surface area contributed by atoms with Crippen molar-refractivity contribution in [1.82, 2.24) is 20.1 Å². The molecule has 0 atom stereocenters. The summed E-state index contributed by atoms with van der Waals surface area (Å²) in [5.41, 5.74) is 0.941. The van der Waals surface area contributed by atoms with Gasteiger partial charge in [0.1, 0.15) is 5.69 Å². The van der Waals surface area contributed by atoms with Crippen LogP contribution in [0, 0.1) is 6.92 Å². The van der Waals surface area contributed by atoms with E-state index in [0.717, 1.165) is 25.1 Å². The molecular formula is C15H14N4O2S2. The van der Waals surface area contributed by atoms with Crippen LogP contribution in [0.1, 0.15) is 20.4 Å². The van der Waals surface area contributed by atoms with Gasteiger partial charge in [0.15, 0.2) is 0 Å². The third-order valence-corrected chi connectivity index (χ3v) is 5.03. The molecule has 8 heteroatoms. The first kappa shape index (κ1) is 15.6. The van der Waals surface area contributed by atoms with E-state index in [1.807, 2.05) is 24.4 Å². The van der Waals surface area contributed by atoms with Crippen LogP contribution in [0.2, 0.25) is 0 Å². The van der Waals surface area contributed by atoms with Crippen LogP contribution in [0.15, 0.2) is 34.4 Å². The minimum atomic E-state index is -0.306. The van der Waals surface area contributed by atoms with E-state index in [1.165, 1.54) is 19.2 Å². The molecule has 0 fully saturated rings. The molecule has 6 nitrogen and oxygen atoms in total. The highest BCUT2D eigenvalue weighted by molar-refractivity contribution is 7.16. The smallest absolute Gasteiger partial charge is 0.272 e. The number of carbonyl (C=O) groups is 1. The number of amides is 1. The van der Waals surface area contributed by atoms with E-state index >= 15 is 0 Å². The zero-order valence-corrected chi connectivity index (χ0v) is 14.2. The van der Waals surface area contributed by atoms with Crippen LogP contribution in [0.3, 0.4) is 0 Å². The van der Waals surface area contributed by atoms with Crippen LogP contribution < -0.4 is 10.9 Å². The Morgan fingerprint density at radius 2 is 2.13 bits per heavy atom. The van der Waals surface area contributed by atoms with Crippen molar-refractivity contribution in [3.05, 3.63) is 55.6 Å². The van der Waals surface area contributed by atoms with E-state index < -0.39 is 0 Å². The van der Waals surface area contributed by atoms with Gasteiger partial charge in [0.05, 0.1) is 22.1 Å². The number of hydrogen-bond acceptors (Lipinski definition) is 6. The fourth-order valence-electron chi connectivity index (χ4n) is 1.97. The first-order valence-corrected chi connectivity index (χ1v) is 8.56. The molecule has 3 rings (SSSR count). The topological polar surface area (TPSA) is 76.9 Å². The van der Waals surface area contributed by atoms with Crippen molar-refractivity contribution in [3.8, 4) is 10.6 Å². The van der Waals surface area contributed by atoms with Gasteiger partial charge in [-0.1, -0.05) is 0 Å². The molecule has 1 N–H and O–H groups in total. The van der Waals surface area contributed by atoms with E-state index in [2.05, 4.69) is 15.4 Å². The van der Waals surface area contributed by atoms with Crippen LogP contribution >= 0.6 is 22.7 Å². The normalized spacial score (nSPS) is 10.7. The minimum absolute atomic E-state index is 0.221. The van der Waals surface area contributed by atoms with E-state index in [1.54, 1.807) is 22.7 Å². The van der Waals surface area contributed by atoms with E-state index in [-0.39, 0.29) is 17.2 Å². The summed E-state index contributed by atoms with van der Waals surface area (Å²) >= 11 is 3.21. The zero-order valence-electron chi connectivity index (χ0n) is 12.6. The summed E-state index contributed by atoms with van der Waals surface area (Å²) in [6.45, 7) is 2.39. The first-order chi connectivity index (χ1) is 11.0. The molecule has 0 aliphatic rings. The summed E-state index contributed by atoms with van der Waals surface area (Å²) < 4.78 is 1.14. The lowest BCUT2D eigenvalue weighted by Gasteiger charge is -2.03. The highest BCUT2D eigenvalue weighted by atomic mass is 32.1. The molecule has 0 radical (unpaired) electrons. The van der Waals surface area contributed by atoms with E-state index in [4.69, 9.17) is 0 Å². The van der Waals surface area contributed by atoms with Gasteiger partial charge < -0.3 is 5.32 Å². The number of carbonyl (C=O) groups excluding carboxylic acids is 1. The van der Waals surface area contributed by atoms with Crippen LogP contribution in [0.25, 0.3) is 10.6 Å². The van der Waals surface area contributed by atoms with E-state index in [0.29, 0.717) is 6.54 Å². The summed E-state index contributed by atoms with van der Waals surface area (Å²) in [6, 6.07) is 6.74. The monoisotopic (exact) mass is 346 g/mol. The molecular weight excluding hydrogens is 332 g/mol. The highest BCUT2D eigenvalue weighted by Gasteiger charge is 2.10. The molecule has 118 valence electrons. The molecule has 0 saturated heterocycles. The molecule has 0 saturated carbocycles. The van der Waals surface area contributed by atoms with Gasteiger partial charge in [-0.3, -0.25) is 9.59 Å². The number of hydrogen-bond donors (Lipinski definition) is 1. The van der Waals surface area contributed by atoms with Gasteiger partial charge >= 0.3 is 0 Å². The van der Waals surface area contributed by atoms with Crippen LogP contribution in [-0.2, 0) is 13.6 Å². The second kappa shape index (κ2) is 6.43. The van der Waals surface area contributed by atoms with Crippen LogP contribution in [0.5, 0.6) is 0 Å². The lowest BCUT2D eigenvalue weighted by atomic mass is 10.3. The number of aryl methyl sites for hydroxylation is 2. The predicted octanol–water partition coefficient (Wildman–Crippen LogP) is 2.20.